The number of rotatable bonds is 6. The van der Waals surface area contributed by atoms with Crippen LogP contribution in [0.5, 0.6) is 28.7 Å². The van der Waals surface area contributed by atoms with Crippen molar-refractivity contribution < 1.29 is 29.6 Å². The van der Waals surface area contributed by atoms with E-state index in [2.05, 4.69) is 0 Å². The lowest BCUT2D eigenvalue weighted by Crippen LogP contribution is -2.04. The zero-order valence-electron chi connectivity index (χ0n) is 12.9. The van der Waals surface area contributed by atoms with Crippen molar-refractivity contribution in [3.05, 3.63) is 41.5 Å². The molecule has 23 heavy (non-hydrogen) atoms. The molecule has 0 aliphatic carbocycles. The first kappa shape index (κ1) is 16.5. The molecule has 0 bridgehead atoms. The first-order chi connectivity index (χ1) is 11.0. The third-order valence-corrected chi connectivity index (χ3v) is 3.48. The maximum Gasteiger partial charge on any atom is 0.204 e. The Morgan fingerprint density at radius 2 is 1.70 bits per heavy atom. The summed E-state index contributed by atoms with van der Waals surface area (Å²) >= 11 is 0. The molecule has 6 nitrogen and oxygen atoms in total. The van der Waals surface area contributed by atoms with Gasteiger partial charge < -0.3 is 24.8 Å². The van der Waals surface area contributed by atoms with E-state index in [1.807, 2.05) is 0 Å². The van der Waals surface area contributed by atoms with Crippen molar-refractivity contribution >= 4 is 5.78 Å². The van der Waals surface area contributed by atoms with Gasteiger partial charge in [0, 0.05) is 12.5 Å². The number of benzene rings is 2. The van der Waals surface area contributed by atoms with Crippen LogP contribution in [0.1, 0.15) is 22.3 Å². The predicted octanol–water partition coefficient (Wildman–Crippen LogP) is 2.64. The number of carbonyl (C=O) groups is 1. The first-order valence-electron chi connectivity index (χ1n) is 6.96. The summed E-state index contributed by atoms with van der Waals surface area (Å²) in [5.41, 5.74) is 0.664. The molecule has 2 rings (SSSR count). The minimum Gasteiger partial charge on any atom is -0.508 e. The number of Topliss-reactive ketones (excluding diaryl/α,β-unsaturated/α-hetero) is 1. The van der Waals surface area contributed by atoms with Gasteiger partial charge in [0.25, 0.3) is 0 Å². The van der Waals surface area contributed by atoms with Gasteiger partial charge in [-0.1, -0.05) is 12.1 Å². The van der Waals surface area contributed by atoms with Crippen molar-refractivity contribution in [1.29, 1.82) is 0 Å². The van der Waals surface area contributed by atoms with Crippen molar-refractivity contribution in [2.75, 3.05) is 14.2 Å². The molecule has 0 amide bonds. The second-order valence-electron chi connectivity index (χ2n) is 4.94. The fourth-order valence-corrected chi connectivity index (χ4v) is 2.28. The number of ketones is 1. The van der Waals surface area contributed by atoms with E-state index in [0.717, 1.165) is 5.56 Å². The Morgan fingerprint density at radius 1 is 1.04 bits per heavy atom. The number of aryl methyl sites for hydroxylation is 1. The molecule has 0 aliphatic heterocycles. The highest BCUT2D eigenvalue weighted by Crippen LogP contribution is 2.44. The van der Waals surface area contributed by atoms with Gasteiger partial charge in [0.15, 0.2) is 17.3 Å². The Hall–Kier alpha value is -2.89. The Balaban J connectivity index is 2.23. The van der Waals surface area contributed by atoms with Gasteiger partial charge in [-0.25, -0.2) is 0 Å². The summed E-state index contributed by atoms with van der Waals surface area (Å²) in [6.07, 6.45) is 0.494. The van der Waals surface area contributed by atoms with Gasteiger partial charge in [0.1, 0.15) is 17.1 Å². The number of hydrogen-bond donors (Lipinski definition) is 3. The SMILES string of the molecule is COc1cc(O)c(C(=O)CCc2ccc(O)cc2)c(O)c1OC. The summed E-state index contributed by atoms with van der Waals surface area (Å²) < 4.78 is 10.0. The molecule has 122 valence electrons. The van der Waals surface area contributed by atoms with Gasteiger partial charge in [-0.2, -0.15) is 0 Å². The van der Waals surface area contributed by atoms with Gasteiger partial charge in [-0.05, 0) is 24.1 Å². The molecule has 3 N–H and O–H groups in total. The van der Waals surface area contributed by atoms with Crippen LogP contribution in [0.3, 0.4) is 0 Å². The molecule has 0 aromatic heterocycles. The molecule has 0 atom stereocenters. The molecule has 0 fully saturated rings. The minimum atomic E-state index is -0.444. The number of hydrogen-bond acceptors (Lipinski definition) is 6. The molecule has 0 aliphatic rings. The van der Waals surface area contributed by atoms with E-state index in [9.17, 15) is 20.1 Å². The number of methoxy groups -OCH3 is 2. The van der Waals surface area contributed by atoms with Crippen LogP contribution in [0, 0.1) is 0 Å². The minimum absolute atomic E-state index is 0.00159. The molecule has 0 saturated heterocycles. The fourth-order valence-electron chi connectivity index (χ4n) is 2.28. The summed E-state index contributed by atoms with van der Waals surface area (Å²) in [5.74, 6) is -0.948. The highest BCUT2D eigenvalue weighted by Gasteiger charge is 2.23. The van der Waals surface area contributed by atoms with Gasteiger partial charge in [-0.15, -0.1) is 0 Å². The largest absolute Gasteiger partial charge is 0.508 e. The van der Waals surface area contributed by atoms with Crippen LogP contribution < -0.4 is 9.47 Å². The Bertz CT molecular complexity index is 706. The van der Waals surface area contributed by atoms with Crippen molar-refractivity contribution in [3.63, 3.8) is 0 Å². The summed E-state index contributed by atoms with van der Waals surface area (Å²) in [6, 6.07) is 7.70. The molecule has 0 radical (unpaired) electrons. The Kier molecular flexibility index (Phi) is 4.95. The van der Waals surface area contributed by atoms with E-state index in [1.165, 1.54) is 32.4 Å². The molecule has 0 spiro atoms. The summed E-state index contributed by atoms with van der Waals surface area (Å²) in [6.45, 7) is 0. The van der Waals surface area contributed by atoms with Crippen LogP contribution in [0.25, 0.3) is 0 Å². The predicted molar refractivity (Wildman–Crippen MR) is 83.6 cm³/mol. The second-order valence-corrected chi connectivity index (χ2v) is 4.94. The van der Waals surface area contributed by atoms with Gasteiger partial charge >= 0.3 is 0 Å². The third kappa shape index (κ3) is 3.48. The third-order valence-electron chi connectivity index (χ3n) is 3.48. The fraction of sp³-hybridized carbons (Fsp3) is 0.235. The van der Waals surface area contributed by atoms with E-state index in [1.54, 1.807) is 12.1 Å². The van der Waals surface area contributed by atoms with Gasteiger partial charge in [0.2, 0.25) is 5.75 Å². The lowest BCUT2D eigenvalue weighted by Gasteiger charge is -2.14. The molecule has 6 heteroatoms. The monoisotopic (exact) mass is 318 g/mol. The van der Waals surface area contributed by atoms with Gasteiger partial charge in [-0.3, -0.25) is 4.79 Å². The number of phenols is 3. The molecule has 0 saturated carbocycles. The average molecular weight is 318 g/mol. The normalized spacial score (nSPS) is 10.3. The average Bonchev–Trinajstić information content (AvgIpc) is 2.53. The van der Waals surface area contributed by atoms with Crippen LogP contribution >= 0.6 is 0 Å². The zero-order chi connectivity index (χ0) is 17.0. The zero-order valence-corrected chi connectivity index (χ0v) is 12.9. The summed E-state index contributed by atoms with van der Waals surface area (Å²) in [7, 11) is 2.70. The number of aromatic hydroxyl groups is 3. The smallest absolute Gasteiger partial charge is 0.204 e. The Morgan fingerprint density at radius 3 is 2.26 bits per heavy atom. The van der Waals surface area contributed by atoms with Crippen molar-refractivity contribution in [3.8, 4) is 28.7 Å². The summed E-state index contributed by atoms with van der Waals surface area (Å²) in [5, 5.41) is 29.4. The second kappa shape index (κ2) is 6.91. The van der Waals surface area contributed by atoms with E-state index < -0.39 is 11.5 Å². The van der Waals surface area contributed by atoms with Crippen LogP contribution in [0.15, 0.2) is 30.3 Å². The summed E-state index contributed by atoms with van der Waals surface area (Å²) in [4.78, 5) is 12.3. The van der Waals surface area contributed by atoms with Crippen LogP contribution in [-0.2, 0) is 6.42 Å². The first-order valence-corrected chi connectivity index (χ1v) is 6.96. The van der Waals surface area contributed by atoms with Crippen LogP contribution in [0.2, 0.25) is 0 Å². The molecule has 2 aromatic carbocycles. The van der Waals surface area contributed by atoms with Crippen molar-refractivity contribution in [2.45, 2.75) is 12.8 Å². The van der Waals surface area contributed by atoms with E-state index in [-0.39, 0.29) is 35.0 Å². The Labute approximate surface area is 133 Å². The molecule has 0 unspecified atom stereocenters. The highest BCUT2D eigenvalue weighted by molar-refractivity contribution is 6.02. The lowest BCUT2D eigenvalue weighted by atomic mass is 10.0. The number of carbonyl (C=O) groups excluding carboxylic acids is 1. The van der Waals surface area contributed by atoms with E-state index >= 15 is 0 Å². The van der Waals surface area contributed by atoms with Crippen molar-refractivity contribution in [2.24, 2.45) is 0 Å². The molecule has 0 heterocycles. The van der Waals surface area contributed by atoms with Crippen LogP contribution in [-0.4, -0.2) is 35.3 Å². The molecular weight excluding hydrogens is 300 g/mol. The van der Waals surface area contributed by atoms with Gasteiger partial charge in [0.05, 0.1) is 14.2 Å². The van der Waals surface area contributed by atoms with E-state index in [0.29, 0.717) is 6.42 Å². The maximum atomic E-state index is 12.3. The van der Waals surface area contributed by atoms with Crippen LogP contribution in [0.4, 0.5) is 0 Å². The van der Waals surface area contributed by atoms with Crippen molar-refractivity contribution in [1.82, 2.24) is 0 Å². The number of ether oxygens (including phenoxy) is 2. The maximum absolute atomic E-state index is 12.3. The molecule has 2 aromatic rings. The van der Waals surface area contributed by atoms with E-state index in [4.69, 9.17) is 9.47 Å². The topological polar surface area (TPSA) is 96.2 Å². The lowest BCUT2D eigenvalue weighted by molar-refractivity contribution is 0.0976. The standard InChI is InChI=1S/C17H18O6/c1-22-14-9-13(20)15(16(21)17(14)23-2)12(19)8-5-10-3-6-11(18)7-4-10/h3-4,6-7,9,18,20-21H,5,8H2,1-2H3. The quantitative estimate of drug-likeness (QED) is 0.709. The molecular formula is C17H18O6. The number of phenolic OH excluding ortho intramolecular Hbond substituents is 3. The highest BCUT2D eigenvalue weighted by atomic mass is 16.5.